The molecule has 0 aromatic carbocycles. The molecule has 0 spiro atoms. The largest absolute Gasteiger partial charge is 0.350 e. The first kappa shape index (κ1) is 9.59. The molecule has 3 heteroatoms. The Balaban J connectivity index is 2.40. The number of pyridine rings is 1. The number of aryl methyl sites for hydroxylation is 1. The van der Waals surface area contributed by atoms with Crippen molar-refractivity contribution < 1.29 is 0 Å². The van der Waals surface area contributed by atoms with Crippen LogP contribution in [-0.4, -0.2) is 17.2 Å². The first-order valence-corrected chi connectivity index (χ1v) is 5.42. The molecule has 0 aliphatic carbocycles. The molecule has 0 fully saturated rings. The van der Waals surface area contributed by atoms with Crippen molar-refractivity contribution >= 4 is 17.9 Å². The minimum atomic E-state index is 0.794. The summed E-state index contributed by atoms with van der Waals surface area (Å²) in [5, 5.41) is 0. The summed E-state index contributed by atoms with van der Waals surface area (Å²) in [6.45, 7) is 3.03. The SMILES string of the molecule is Cc1[nH]c(=S)ccc1C1=NCCCC1. The molecule has 2 heterocycles. The zero-order valence-corrected chi connectivity index (χ0v) is 9.16. The molecule has 0 saturated heterocycles. The molecule has 0 amide bonds. The molecule has 1 aromatic rings. The fourth-order valence-corrected chi connectivity index (χ4v) is 2.03. The summed E-state index contributed by atoms with van der Waals surface area (Å²) in [6.07, 6.45) is 3.59. The van der Waals surface area contributed by atoms with Gasteiger partial charge in [0.2, 0.25) is 0 Å². The highest BCUT2D eigenvalue weighted by atomic mass is 32.1. The van der Waals surface area contributed by atoms with E-state index in [4.69, 9.17) is 12.2 Å². The van der Waals surface area contributed by atoms with Gasteiger partial charge in [0.05, 0.1) is 0 Å². The zero-order chi connectivity index (χ0) is 9.97. The van der Waals surface area contributed by atoms with Crippen molar-refractivity contribution in [3.63, 3.8) is 0 Å². The number of aromatic nitrogens is 1. The smallest absolute Gasteiger partial charge is 0.103 e. The Bertz CT molecular complexity index is 418. The maximum absolute atomic E-state index is 5.07. The van der Waals surface area contributed by atoms with Crippen molar-refractivity contribution in [3.05, 3.63) is 28.0 Å². The average molecular weight is 206 g/mol. The predicted molar refractivity (Wildman–Crippen MR) is 61.6 cm³/mol. The Labute approximate surface area is 89.1 Å². The van der Waals surface area contributed by atoms with Gasteiger partial charge in [-0.1, -0.05) is 12.2 Å². The third-order valence-electron chi connectivity index (χ3n) is 2.55. The van der Waals surface area contributed by atoms with Crippen LogP contribution in [0.25, 0.3) is 0 Å². The van der Waals surface area contributed by atoms with Crippen molar-refractivity contribution in [2.24, 2.45) is 4.99 Å². The van der Waals surface area contributed by atoms with Gasteiger partial charge in [-0.2, -0.15) is 0 Å². The summed E-state index contributed by atoms with van der Waals surface area (Å²) in [5.74, 6) is 0. The van der Waals surface area contributed by atoms with E-state index in [0.717, 1.165) is 23.3 Å². The third kappa shape index (κ3) is 1.93. The monoisotopic (exact) mass is 206 g/mol. The second kappa shape index (κ2) is 4.05. The lowest BCUT2D eigenvalue weighted by molar-refractivity contribution is 0.738. The number of H-pyrrole nitrogens is 1. The molecule has 0 unspecified atom stereocenters. The Hall–Kier alpha value is -0.960. The van der Waals surface area contributed by atoms with E-state index in [2.05, 4.69) is 23.0 Å². The second-order valence-corrected chi connectivity index (χ2v) is 4.09. The molecular weight excluding hydrogens is 192 g/mol. The van der Waals surface area contributed by atoms with E-state index in [0.29, 0.717) is 0 Å². The van der Waals surface area contributed by atoms with Crippen molar-refractivity contribution in [3.8, 4) is 0 Å². The van der Waals surface area contributed by atoms with Crippen LogP contribution in [0.1, 0.15) is 30.5 Å². The van der Waals surface area contributed by atoms with Gasteiger partial charge >= 0.3 is 0 Å². The van der Waals surface area contributed by atoms with E-state index in [1.54, 1.807) is 0 Å². The van der Waals surface area contributed by atoms with Gasteiger partial charge in [-0.25, -0.2) is 0 Å². The summed E-state index contributed by atoms with van der Waals surface area (Å²) < 4.78 is 0.794. The van der Waals surface area contributed by atoms with Crippen molar-refractivity contribution in [2.75, 3.05) is 6.54 Å². The third-order valence-corrected chi connectivity index (χ3v) is 2.79. The molecule has 1 aliphatic heterocycles. The van der Waals surface area contributed by atoms with Crippen molar-refractivity contribution in [1.82, 2.24) is 4.98 Å². The highest BCUT2D eigenvalue weighted by Crippen LogP contribution is 2.15. The lowest BCUT2D eigenvalue weighted by atomic mass is 10.0. The van der Waals surface area contributed by atoms with E-state index >= 15 is 0 Å². The Morgan fingerprint density at radius 3 is 2.86 bits per heavy atom. The maximum atomic E-state index is 5.07. The molecular formula is C11H14N2S. The first-order valence-electron chi connectivity index (χ1n) is 5.01. The van der Waals surface area contributed by atoms with Crippen LogP contribution in [0.5, 0.6) is 0 Å². The summed E-state index contributed by atoms with van der Waals surface area (Å²) in [5.41, 5.74) is 3.61. The van der Waals surface area contributed by atoms with Gasteiger partial charge in [-0.05, 0) is 38.3 Å². The number of hydrogen-bond acceptors (Lipinski definition) is 2. The van der Waals surface area contributed by atoms with Crippen molar-refractivity contribution in [1.29, 1.82) is 0 Å². The number of nitrogens with one attached hydrogen (secondary N) is 1. The van der Waals surface area contributed by atoms with Crippen LogP contribution < -0.4 is 0 Å². The average Bonchev–Trinajstić information content (AvgIpc) is 2.19. The zero-order valence-electron chi connectivity index (χ0n) is 8.34. The fraction of sp³-hybridized carbons (Fsp3) is 0.455. The predicted octanol–water partition coefficient (Wildman–Crippen LogP) is 3.03. The van der Waals surface area contributed by atoms with E-state index < -0.39 is 0 Å². The van der Waals surface area contributed by atoms with Crippen molar-refractivity contribution in [2.45, 2.75) is 26.2 Å². The van der Waals surface area contributed by atoms with Crippen LogP contribution in [0.15, 0.2) is 17.1 Å². The lowest BCUT2D eigenvalue weighted by Gasteiger charge is -2.13. The number of rotatable bonds is 1. The van der Waals surface area contributed by atoms with Crippen LogP contribution in [0, 0.1) is 11.6 Å². The van der Waals surface area contributed by atoms with Gasteiger partial charge in [-0.3, -0.25) is 4.99 Å². The molecule has 0 saturated carbocycles. The van der Waals surface area contributed by atoms with E-state index in [1.165, 1.54) is 24.1 Å². The standard InChI is InChI=1S/C11H14N2S/c1-8-9(5-6-11(14)13-8)10-4-2-3-7-12-10/h5-6H,2-4,7H2,1H3,(H,13,14). The summed E-state index contributed by atoms with van der Waals surface area (Å²) in [6, 6.07) is 4.02. The fourth-order valence-electron chi connectivity index (χ4n) is 1.81. The lowest BCUT2D eigenvalue weighted by Crippen LogP contribution is -2.09. The van der Waals surface area contributed by atoms with Crippen LogP contribution in [0.3, 0.4) is 0 Å². The Kier molecular flexibility index (Phi) is 2.77. The highest BCUT2D eigenvalue weighted by molar-refractivity contribution is 7.71. The minimum Gasteiger partial charge on any atom is -0.350 e. The molecule has 74 valence electrons. The topological polar surface area (TPSA) is 28.1 Å². The Morgan fingerprint density at radius 2 is 2.21 bits per heavy atom. The van der Waals surface area contributed by atoms with Crippen LogP contribution >= 0.6 is 12.2 Å². The number of hydrogen-bond donors (Lipinski definition) is 1. The van der Waals surface area contributed by atoms with Crippen LogP contribution in [0.4, 0.5) is 0 Å². The van der Waals surface area contributed by atoms with Crippen LogP contribution in [-0.2, 0) is 0 Å². The summed E-state index contributed by atoms with van der Waals surface area (Å²) in [4.78, 5) is 7.72. The van der Waals surface area contributed by atoms with Gasteiger partial charge in [0.1, 0.15) is 4.64 Å². The van der Waals surface area contributed by atoms with Gasteiger partial charge in [-0.15, -0.1) is 0 Å². The van der Waals surface area contributed by atoms with Crippen LogP contribution in [0.2, 0.25) is 0 Å². The van der Waals surface area contributed by atoms with Gasteiger partial charge < -0.3 is 4.98 Å². The molecule has 0 radical (unpaired) electrons. The first-order chi connectivity index (χ1) is 6.77. The molecule has 1 N–H and O–H groups in total. The minimum absolute atomic E-state index is 0.794. The molecule has 2 rings (SSSR count). The number of aliphatic imine (C=N–C) groups is 1. The molecule has 1 aliphatic rings. The quantitative estimate of drug-likeness (QED) is 0.703. The molecule has 0 bridgehead atoms. The number of nitrogens with zero attached hydrogens (tertiary/aromatic N) is 1. The second-order valence-electron chi connectivity index (χ2n) is 3.65. The van der Waals surface area contributed by atoms with Gasteiger partial charge in [0.25, 0.3) is 0 Å². The molecule has 2 nitrogen and oxygen atoms in total. The number of aromatic amines is 1. The highest BCUT2D eigenvalue weighted by Gasteiger charge is 2.09. The maximum Gasteiger partial charge on any atom is 0.103 e. The van der Waals surface area contributed by atoms with E-state index in [9.17, 15) is 0 Å². The normalized spacial score (nSPS) is 16.5. The van der Waals surface area contributed by atoms with Gasteiger partial charge in [0, 0.05) is 23.5 Å². The van der Waals surface area contributed by atoms with E-state index in [-0.39, 0.29) is 0 Å². The van der Waals surface area contributed by atoms with Gasteiger partial charge in [0.15, 0.2) is 0 Å². The summed E-state index contributed by atoms with van der Waals surface area (Å²) >= 11 is 5.07. The summed E-state index contributed by atoms with van der Waals surface area (Å²) in [7, 11) is 0. The molecule has 1 aromatic heterocycles. The molecule has 0 atom stereocenters. The Morgan fingerprint density at radius 1 is 1.36 bits per heavy atom. The molecule has 14 heavy (non-hydrogen) atoms. The van der Waals surface area contributed by atoms with E-state index in [1.807, 2.05) is 6.07 Å².